The molecule has 0 aromatic carbocycles. The maximum absolute atomic E-state index is 5.84. The molecule has 0 unspecified atom stereocenters. The Morgan fingerprint density at radius 1 is 1.31 bits per heavy atom. The van der Waals surface area contributed by atoms with Crippen molar-refractivity contribution in [2.75, 3.05) is 12.3 Å². The van der Waals surface area contributed by atoms with Crippen molar-refractivity contribution in [1.29, 1.82) is 0 Å². The minimum absolute atomic E-state index is 0.940. The minimum Gasteiger partial charge on any atom is -0.398 e. The van der Waals surface area contributed by atoms with Crippen LogP contribution in [0, 0.1) is 5.92 Å². The number of nitrogens with one attached hydrogen (secondary N) is 1. The first-order valence-electron chi connectivity index (χ1n) is 6.39. The SMILES string of the molecule is Nc1ccsc1CNCCC1CCCCC1. The van der Waals surface area contributed by atoms with Crippen LogP contribution in [0.2, 0.25) is 0 Å². The van der Waals surface area contributed by atoms with E-state index in [1.165, 1.54) is 43.4 Å². The molecule has 0 saturated heterocycles. The molecule has 1 aliphatic rings. The number of anilines is 1. The fourth-order valence-electron chi connectivity index (χ4n) is 2.48. The lowest BCUT2D eigenvalue weighted by molar-refractivity contribution is 0.334. The van der Waals surface area contributed by atoms with E-state index in [0.717, 1.165) is 24.7 Å². The third kappa shape index (κ3) is 3.49. The van der Waals surface area contributed by atoms with Gasteiger partial charge in [-0.2, -0.15) is 0 Å². The normalized spacial score (nSPS) is 17.8. The second kappa shape index (κ2) is 6.26. The first-order chi connectivity index (χ1) is 7.86. The molecule has 1 heterocycles. The molecule has 3 N–H and O–H groups in total. The molecular formula is C13H22N2S. The van der Waals surface area contributed by atoms with Gasteiger partial charge in [-0.1, -0.05) is 32.1 Å². The molecule has 2 nitrogen and oxygen atoms in total. The summed E-state index contributed by atoms with van der Waals surface area (Å²) in [5.41, 5.74) is 6.78. The Bertz CT molecular complexity index is 303. The number of nitrogen functional groups attached to an aromatic ring is 1. The summed E-state index contributed by atoms with van der Waals surface area (Å²) >= 11 is 1.75. The molecule has 0 bridgehead atoms. The topological polar surface area (TPSA) is 38.0 Å². The Hall–Kier alpha value is -0.540. The third-order valence-corrected chi connectivity index (χ3v) is 4.46. The Kier molecular flexibility index (Phi) is 4.67. The summed E-state index contributed by atoms with van der Waals surface area (Å²) in [6.07, 6.45) is 8.58. The molecule has 0 aliphatic heterocycles. The molecule has 1 aromatic rings. The lowest BCUT2D eigenvalue weighted by Gasteiger charge is -2.21. The first-order valence-corrected chi connectivity index (χ1v) is 7.27. The molecular weight excluding hydrogens is 216 g/mol. The Morgan fingerprint density at radius 2 is 2.12 bits per heavy atom. The average molecular weight is 238 g/mol. The van der Waals surface area contributed by atoms with Crippen LogP contribution in [0.25, 0.3) is 0 Å². The van der Waals surface area contributed by atoms with Crippen LogP contribution in [0.3, 0.4) is 0 Å². The van der Waals surface area contributed by atoms with E-state index in [9.17, 15) is 0 Å². The van der Waals surface area contributed by atoms with E-state index in [1.807, 2.05) is 6.07 Å². The fraction of sp³-hybridized carbons (Fsp3) is 0.692. The van der Waals surface area contributed by atoms with Gasteiger partial charge in [-0.15, -0.1) is 11.3 Å². The van der Waals surface area contributed by atoms with Gasteiger partial charge in [-0.25, -0.2) is 0 Å². The van der Waals surface area contributed by atoms with Crippen molar-refractivity contribution in [3.05, 3.63) is 16.3 Å². The molecule has 0 radical (unpaired) electrons. The summed E-state index contributed by atoms with van der Waals surface area (Å²) in [7, 11) is 0. The summed E-state index contributed by atoms with van der Waals surface area (Å²) in [6.45, 7) is 2.08. The van der Waals surface area contributed by atoms with Crippen LogP contribution in [0.5, 0.6) is 0 Å². The molecule has 3 heteroatoms. The maximum Gasteiger partial charge on any atom is 0.0468 e. The van der Waals surface area contributed by atoms with Gasteiger partial charge in [-0.05, 0) is 30.3 Å². The smallest absolute Gasteiger partial charge is 0.0468 e. The van der Waals surface area contributed by atoms with Crippen molar-refractivity contribution in [1.82, 2.24) is 5.32 Å². The van der Waals surface area contributed by atoms with Crippen molar-refractivity contribution in [2.24, 2.45) is 5.92 Å². The molecule has 0 amide bonds. The van der Waals surface area contributed by atoms with Gasteiger partial charge in [0.05, 0.1) is 0 Å². The van der Waals surface area contributed by atoms with E-state index < -0.39 is 0 Å². The highest BCUT2D eigenvalue weighted by Crippen LogP contribution is 2.25. The summed E-state index contributed by atoms with van der Waals surface area (Å²) < 4.78 is 0. The van der Waals surface area contributed by atoms with E-state index in [0.29, 0.717) is 0 Å². The number of hydrogen-bond donors (Lipinski definition) is 2. The van der Waals surface area contributed by atoms with Gasteiger partial charge in [0.15, 0.2) is 0 Å². The molecule has 1 fully saturated rings. The zero-order valence-electron chi connectivity index (χ0n) is 9.87. The van der Waals surface area contributed by atoms with Crippen molar-refractivity contribution in [2.45, 2.75) is 45.1 Å². The van der Waals surface area contributed by atoms with Gasteiger partial charge in [-0.3, -0.25) is 0 Å². The zero-order chi connectivity index (χ0) is 11.2. The van der Waals surface area contributed by atoms with E-state index in [2.05, 4.69) is 10.7 Å². The molecule has 1 saturated carbocycles. The molecule has 2 rings (SSSR count). The van der Waals surface area contributed by atoms with Crippen molar-refractivity contribution < 1.29 is 0 Å². The lowest BCUT2D eigenvalue weighted by atomic mass is 9.87. The van der Waals surface area contributed by atoms with Crippen molar-refractivity contribution >= 4 is 17.0 Å². The molecule has 16 heavy (non-hydrogen) atoms. The Morgan fingerprint density at radius 3 is 2.81 bits per heavy atom. The summed E-state index contributed by atoms with van der Waals surface area (Å²) in [4.78, 5) is 1.28. The molecule has 1 aliphatic carbocycles. The minimum atomic E-state index is 0.940. The highest BCUT2D eigenvalue weighted by molar-refractivity contribution is 7.10. The third-order valence-electron chi connectivity index (χ3n) is 3.52. The largest absolute Gasteiger partial charge is 0.398 e. The lowest BCUT2D eigenvalue weighted by Crippen LogP contribution is -2.19. The summed E-state index contributed by atoms with van der Waals surface area (Å²) in [6, 6.07) is 1.99. The first kappa shape index (κ1) is 11.9. The van der Waals surface area contributed by atoms with Crippen molar-refractivity contribution in [3.63, 3.8) is 0 Å². The predicted molar refractivity (Wildman–Crippen MR) is 71.6 cm³/mol. The van der Waals surface area contributed by atoms with E-state index >= 15 is 0 Å². The zero-order valence-corrected chi connectivity index (χ0v) is 10.7. The molecule has 0 atom stereocenters. The quantitative estimate of drug-likeness (QED) is 0.772. The van der Waals surface area contributed by atoms with Crippen LogP contribution in [0.1, 0.15) is 43.4 Å². The Labute approximate surface area is 102 Å². The molecule has 90 valence electrons. The van der Waals surface area contributed by atoms with Crippen LogP contribution in [-0.4, -0.2) is 6.54 Å². The fourth-order valence-corrected chi connectivity index (χ4v) is 3.25. The van der Waals surface area contributed by atoms with Gasteiger partial charge in [0.25, 0.3) is 0 Å². The van der Waals surface area contributed by atoms with E-state index in [1.54, 1.807) is 11.3 Å². The van der Waals surface area contributed by atoms with E-state index in [4.69, 9.17) is 5.73 Å². The van der Waals surface area contributed by atoms with Gasteiger partial charge in [0.2, 0.25) is 0 Å². The van der Waals surface area contributed by atoms with Crippen LogP contribution < -0.4 is 11.1 Å². The van der Waals surface area contributed by atoms with Crippen LogP contribution in [0.15, 0.2) is 11.4 Å². The van der Waals surface area contributed by atoms with Crippen molar-refractivity contribution in [3.8, 4) is 0 Å². The summed E-state index contributed by atoms with van der Waals surface area (Å²) in [5, 5.41) is 5.57. The molecule has 0 spiro atoms. The van der Waals surface area contributed by atoms with Gasteiger partial charge in [0, 0.05) is 17.1 Å². The van der Waals surface area contributed by atoms with Crippen LogP contribution in [0.4, 0.5) is 5.69 Å². The van der Waals surface area contributed by atoms with Crippen LogP contribution >= 0.6 is 11.3 Å². The van der Waals surface area contributed by atoms with Gasteiger partial charge < -0.3 is 11.1 Å². The van der Waals surface area contributed by atoms with E-state index in [-0.39, 0.29) is 0 Å². The van der Waals surface area contributed by atoms with Gasteiger partial charge >= 0.3 is 0 Å². The second-order valence-corrected chi connectivity index (χ2v) is 5.77. The molecule has 1 aromatic heterocycles. The number of hydrogen-bond acceptors (Lipinski definition) is 3. The highest BCUT2D eigenvalue weighted by Gasteiger charge is 2.12. The van der Waals surface area contributed by atoms with Crippen LogP contribution in [-0.2, 0) is 6.54 Å². The number of nitrogens with two attached hydrogens (primary N) is 1. The predicted octanol–water partition coefficient (Wildman–Crippen LogP) is 3.39. The standard InChI is InChI=1S/C13H22N2S/c14-12-7-9-16-13(12)10-15-8-6-11-4-2-1-3-5-11/h7,9,11,15H,1-6,8,10,14H2. The monoisotopic (exact) mass is 238 g/mol. The highest BCUT2D eigenvalue weighted by atomic mass is 32.1. The second-order valence-electron chi connectivity index (χ2n) is 4.77. The average Bonchev–Trinajstić information content (AvgIpc) is 2.72. The maximum atomic E-state index is 5.84. The summed E-state index contributed by atoms with van der Waals surface area (Å²) in [5.74, 6) is 0.974. The Balaban J connectivity index is 1.59. The number of rotatable bonds is 5. The van der Waals surface area contributed by atoms with Gasteiger partial charge in [0.1, 0.15) is 0 Å². The number of thiophene rings is 1.